The van der Waals surface area contributed by atoms with Gasteiger partial charge in [-0.2, -0.15) is 0 Å². The number of ether oxygens (including phenoxy) is 2. The largest absolute Gasteiger partial charge is 0.489 e. The Morgan fingerprint density at radius 1 is 1.23 bits per heavy atom. The molecule has 2 N–H and O–H groups in total. The van der Waals surface area contributed by atoms with Crippen molar-refractivity contribution >= 4 is 45.6 Å². The molecule has 0 saturated heterocycles. The lowest BCUT2D eigenvalue weighted by atomic mass is 10.1. The van der Waals surface area contributed by atoms with Gasteiger partial charge in [0.1, 0.15) is 30.3 Å². The number of carbonyl (C=O) groups excluding carboxylic acids is 1. The molecule has 3 rings (SSSR count). The van der Waals surface area contributed by atoms with Crippen LogP contribution in [0, 0.1) is 5.82 Å². The Hall–Kier alpha value is -3.04. The Kier molecular flexibility index (Phi) is 7.54. The highest BCUT2D eigenvalue weighted by atomic mass is 35.5. The van der Waals surface area contributed by atoms with Crippen LogP contribution in [-0.2, 0) is 9.53 Å². The van der Waals surface area contributed by atoms with Crippen LogP contribution < -0.4 is 15.4 Å². The van der Waals surface area contributed by atoms with Gasteiger partial charge in [0.05, 0.1) is 22.8 Å². The zero-order chi connectivity index (χ0) is 22.4. The summed E-state index contributed by atoms with van der Waals surface area (Å²) in [6.45, 7) is 4.13. The van der Waals surface area contributed by atoms with Crippen LogP contribution in [0.15, 0.2) is 36.7 Å². The van der Waals surface area contributed by atoms with Crippen molar-refractivity contribution in [2.24, 2.45) is 0 Å². The standard InChI is InChI=1S/C21H21ClF2N4O3/c1-3-30-6-7-31-19-10-17-14(9-18(19)28-21(29)12(2)23)20(26-11-25-17)27-13-4-5-16(24)15(22)8-13/h4-5,8-12H,3,6-7H2,1-2H3,(H,28,29)(H,25,26,27). The van der Waals surface area contributed by atoms with Crippen LogP contribution in [-0.4, -0.2) is 41.9 Å². The van der Waals surface area contributed by atoms with Gasteiger partial charge in [-0.3, -0.25) is 4.79 Å². The quantitative estimate of drug-likeness (QED) is 0.452. The van der Waals surface area contributed by atoms with Gasteiger partial charge in [-0.1, -0.05) is 11.6 Å². The Balaban J connectivity index is 1.98. The number of alkyl halides is 1. The molecule has 1 aromatic heterocycles. The van der Waals surface area contributed by atoms with Crippen molar-refractivity contribution in [1.82, 2.24) is 9.97 Å². The van der Waals surface area contributed by atoms with Gasteiger partial charge in [0.25, 0.3) is 5.91 Å². The van der Waals surface area contributed by atoms with Gasteiger partial charge < -0.3 is 20.1 Å². The Morgan fingerprint density at radius 2 is 2.03 bits per heavy atom. The summed E-state index contributed by atoms with van der Waals surface area (Å²) in [6.07, 6.45) is -0.361. The van der Waals surface area contributed by atoms with Gasteiger partial charge >= 0.3 is 0 Å². The van der Waals surface area contributed by atoms with Crippen molar-refractivity contribution in [3.05, 3.63) is 47.5 Å². The van der Waals surface area contributed by atoms with E-state index in [0.717, 1.165) is 6.92 Å². The van der Waals surface area contributed by atoms with Gasteiger partial charge in [-0.05, 0) is 38.1 Å². The van der Waals surface area contributed by atoms with E-state index in [1.54, 1.807) is 12.1 Å². The molecule has 10 heteroatoms. The summed E-state index contributed by atoms with van der Waals surface area (Å²) >= 11 is 5.84. The van der Waals surface area contributed by atoms with E-state index >= 15 is 0 Å². The molecule has 1 heterocycles. The van der Waals surface area contributed by atoms with E-state index in [1.165, 1.54) is 24.5 Å². The zero-order valence-electron chi connectivity index (χ0n) is 16.9. The number of benzene rings is 2. The fraction of sp³-hybridized carbons (Fsp3) is 0.286. The fourth-order valence-electron chi connectivity index (χ4n) is 2.70. The maximum atomic E-state index is 13.5. The minimum absolute atomic E-state index is 0.0433. The van der Waals surface area contributed by atoms with Crippen molar-refractivity contribution in [3.8, 4) is 5.75 Å². The first-order valence-electron chi connectivity index (χ1n) is 9.55. The molecule has 7 nitrogen and oxygen atoms in total. The Bertz CT molecular complexity index is 1080. The smallest absolute Gasteiger partial charge is 0.258 e. The number of nitrogens with zero attached hydrogens (tertiary/aromatic N) is 2. The second-order valence-electron chi connectivity index (χ2n) is 6.49. The molecular weight excluding hydrogens is 430 g/mol. The third-order valence-corrected chi connectivity index (χ3v) is 4.52. The second kappa shape index (κ2) is 10.3. The van der Waals surface area contributed by atoms with E-state index in [1.807, 2.05) is 6.92 Å². The first kappa shape index (κ1) is 22.6. The molecule has 0 aliphatic heterocycles. The molecule has 1 atom stereocenters. The molecule has 1 unspecified atom stereocenters. The fourth-order valence-corrected chi connectivity index (χ4v) is 2.88. The lowest BCUT2D eigenvalue weighted by Crippen LogP contribution is -2.21. The summed E-state index contributed by atoms with van der Waals surface area (Å²) < 4.78 is 37.9. The lowest BCUT2D eigenvalue weighted by Gasteiger charge is -2.16. The van der Waals surface area contributed by atoms with Crippen LogP contribution in [0.3, 0.4) is 0 Å². The highest BCUT2D eigenvalue weighted by molar-refractivity contribution is 6.31. The molecular formula is C21H21ClF2N4O3. The van der Waals surface area contributed by atoms with Crippen molar-refractivity contribution in [2.45, 2.75) is 20.0 Å². The zero-order valence-corrected chi connectivity index (χ0v) is 17.7. The van der Waals surface area contributed by atoms with E-state index in [-0.39, 0.29) is 17.3 Å². The van der Waals surface area contributed by atoms with Gasteiger partial charge in [0.2, 0.25) is 0 Å². The molecule has 0 saturated carbocycles. The minimum atomic E-state index is -1.71. The Morgan fingerprint density at radius 3 is 2.74 bits per heavy atom. The van der Waals surface area contributed by atoms with Crippen LogP contribution in [0.25, 0.3) is 10.9 Å². The van der Waals surface area contributed by atoms with Gasteiger partial charge in [0.15, 0.2) is 6.17 Å². The third-order valence-electron chi connectivity index (χ3n) is 4.23. The monoisotopic (exact) mass is 450 g/mol. The molecule has 0 fully saturated rings. The maximum Gasteiger partial charge on any atom is 0.258 e. The predicted molar refractivity (Wildman–Crippen MR) is 115 cm³/mol. The molecule has 31 heavy (non-hydrogen) atoms. The van der Waals surface area contributed by atoms with E-state index < -0.39 is 17.9 Å². The van der Waals surface area contributed by atoms with E-state index in [0.29, 0.717) is 41.4 Å². The maximum absolute atomic E-state index is 13.5. The van der Waals surface area contributed by atoms with Crippen LogP contribution in [0.1, 0.15) is 13.8 Å². The van der Waals surface area contributed by atoms with Crippen molar-refractivity contribution < 1.29 is 23.0 Å². The van der Waals surface area contributed by atoms with Gasteiger partial charge in [0, 0.05) is 23.7 Å². The average molecular weight is 451 g/mol. The average Bonchev–Trinajstić information content (AvgIpc) is 2.74. The van der Waals surface area contributed by atoms with E-state index in [2.05, 4.69) is 20.6 Å². The molecule has 0 bridgehead atoms. The molecule has 0 radical (unpaired) electrons. The molecule has 3 aromatic rings. The topological polar surface area (TPSA) is 85.4 Å². The number of rotatable bonds is 9. The number of carbonyl (C=O) groups is 1. The second-order valence-corrected chi connectivity index (χ2v) is 6.90. The lowest BCUT2D eigenvalue weighted by molar-refractivity contribution is -0.120. The minimum Gasteiger partial charge on any atom is -0.489 e. The van der Waals surface area contributed by atoms with Crippen molar-refractivity contribution in [2.75, 3.05) is 30.5 Å². The van der Waals surface area contributed by atoms with Crippen LogP contribution in [0.2, 0.25) is 5.02 Å². The molecule has 0 aliphatic rings. The summed E-state index contributed by atoms with van der Waals surface area (Å²) in [4.78, 5) is 20.4. The number of nitrogens with one attached hydrogen (secondary N) is 2. The van der Waals surface area contributed by atoms with Crippen LogP contribution in [0.4, 0.5) is 26.0 Å². The summed E-state index contributed by atoms with van der Waals surface area (Å²) in [5, 5.41) is 6.05. The normalized spacial score (nSPS) is 11.9. The number of aromatic nitrogens is 2. The van der Waals surface area contributed by atoms with E-state index in [4.69, 9.17) is 21.1 Å². The van der Waals surface area contributed by atoms with Gasteiger partial charge in [-0.15, -0.1) is 0 Å². The first-order chi connectivity index (χ1) is 14.9. The Labute approximate surface area is 182 Å². The molecule has 2 aromatic carbocycles. The number of fused-ring (bicyclic) bond motifs is 1. The third kappa shape index (κ3) is 5.77. The SMILES string of the molecule is CCOCCOc1cc2ncnc(Nc3ccc(F)c(Cl)c3)c2cc1NC(=O)C(C)F. The van der Waals surface area contributed by atoms with Crippen molar-refractivity contribution in [1.29, 1.82) is 0 Å². The highest BCUT2D eigenvalue weighted by Gasteiger charge is 2.17. The number of amides is 1. The highest BCUT2D eigenvalue weighted by Crippen LogP contribution is 2.34. The molecule has 0 spiro atoms. The molecule has 0 aliphatic carbocycles. The summed E-state index contributed by atoms with van der Waals surface area (Å²) in [6, 6.07) is 7.35. The predicted octanol–water partition coefficient (Wildman–Crippen LogP) is 4.88. The van der Waals surface area contributed by atoms with Crippen molar-refractivity contribution in [3.63, 3.8) is 0 Å². The molecule has 1 amide bonds. The van der Waals surface area contributed by atoms with Crippen LogP contribution >= 0.6 is 11.6 Å². The summed E-state index contributed by atoms with van der Waals surface area (Å²) in [7, 11) is 0. The van der Waals surface area contributed by atoms with Gasteiger partial charge in [-0.25, -0.2) is 18.7 Å². The number of hydrogen-bond acceptors (Lipinski definition) is 6. The number of hydrogen-bond donors (Lipinski definition) is 2. The molecule has 164 valence electrons. The number of halogens is 3. The first-order valence-corrected chi connectivity index (χ1v) is 9.93. The number of anilines is 3. The summed E-state index contributed by atoms with van der Waals surface area (Å²) in [5.74, 6) is -0.655. The van der Waals surface area contributed by atoms with Crippen LogP contribution in [0.5, 0.6) is 5.75 Å². The van der Waals surface area contributed by atoms with E-state index in [9.17, 15) is 13.6 Å². The summed E-state index contributed by atoms with van der Waals surface area (Å²) in [5.41, 5.74) is 1.28.